The van der Waals surface area contributed by atoms with Crippen molar-refractivity contribution < 1.29 is 14.3 Å². The molecule has 1 saturated heterocycles. The molecule has 0 bridgehead atoms. The number of benzene rings is 1. The molecular weight excluding hydrogens is 354 g/mol. The Morgan fingerprint density at radius 2 is 2.07 bits per heavy atom. The van der Waals surface area contributed by atoms with E-state index in [1.807, 2.05) is 39.9 Å². The second-order valence-corrected chi connectivity index (χ2v) is 7.85. The SMILES string of the molecule is CC(C)n1cccc1C(=O)N1CCc2ccc(NC(=O)[C@@H]3CCCO3)cc2C1. The number of hydrogen-bond acceptors (Lipinski definition) is 3. The summed E-state index contributed by atoms with van der Waals surface area (Å²) in [5.41, 5.74) is 3.81. The van der Waals surface area contributed by atoms with Crippen molar-refractivity contribution in [3.05, 3.63) is 53.3 Å². The number of aromatic nitrogens is 1. The summed E-state index contributed by atoms with van der Waals surface area (Å²) < 4.78 is 7.46. The normalized spacial score (nSPS) is 19.0. The summed E-state index contributed by atoms with van der Waals surface area (Å²) in [6.07, 6.45) is 4.13. The predicted molar refractivity (Wildman–Crippen MR) is 107 cm³/mol. The molecule has 6 heteroatoms. The number of carbonyl (C=O) groups excluding carboxylic acids is 2. The second-order valence-electron chi connectivity index (χ2n) is 7.85. The molecule has 148 valence electrons. The lowest BCUT2D eigenvalue weighted by Crippen LogP contribution is -2.37. The van der Waals surface area contributed by atoms with Crippen molar-refractivity contribution >= 4 is 17.5 Å². The lowest BCUT2D eigenvalue weighted by molar-refractivity contribution is -0.124. The van der Waals surface area contributed by atoms with Gasteiger partial charge in [0.1, 0.15) is 11.8 Å². The summed E-state index contributed by atoms with van der Waals surface area (Å²) in [4.78, 5) is 27.3. The van der Waals surface area contributed by atoms with E-state index in [9.17, 15) is 9.59 Å². The summed E-state index contributed by atoms with van der Waals surface area (Å²) in [5.74, 6) is -0.0332. The highest BCUT2D eigenvalue weighted by atomic mass is 16.5. The van der Waals surface area contributed by atoms with Gasteiger partial charge >= 0.3 is 0 Å². The van der Waals surface area contributed by atoms with Crippen LogP contribution in [0.1, 0.15) is 54.3 Å². The maximum Gasteiger partial charge on any atom is 0.270 e. The van der Waals surface area contributed by atoms with E-state index < -0.39 is 0 Å². The van der Waals surface area contributed by atoms with Crippen LogP contribution in [0.5, 0.6) is 0 Å². The Hall–Kier alpha value is -2.60. The lowest BCUT2D eigenvalue weighted by Gasteiger charge is -2.30. The number of hydrogen-bond donors (Lipinski definition) is 1. The maximum atomic E-state index is 13.1. The Balaban J connectivity index is 1.48. The van der Waals surface area contributed by atoms with Gasteiger partial charge in [-0.05, 0) is 68.5 Å². The van der Waals surface area contributed by atoms with Crippen LogP contribution >= 0.6 is 0 Å². The first-order chi connectivity index (χ1) is 13.5. The first-order valence-electron chi connectivity index (χ1n) is 10.0. The molecule has 2 aliphatic rings. The molecule has 0 unspecified atom stereocenters. The van der Waals surface area contributed by atoms with Crippen molar-refractivity contribution in [2.75, 3.05) is 18.5 Å². The molecule has 1 aromatic carbocycles. The molecule has 4 rings (SSSR count). The van der Waals surface area contributed by atoms with Crippen LogP contribution in [0.25, 0.3) is 0 Å². The molecule has 2 amide bonds. The van der Waals surface area contributed by atoms with E-state index in [0.717, 1.165) is 36.2 Å². The van der Waals surface area contributed by atoms with Gasteiger partial charge in [-0.1, -0.05) is 6.07 Å². The molecule has 1 N–H and O–H groups in total. The highest BCUT2D eigenvalue weighted by Gasteiger charge is 2.26. The average Bonchev–Trinajstić information content (AvgIpc) is 3.38. The van der Waals surface area contributed by atoms with Crippen molar-refractivity contribution in [3.8, 4) is 0 Å². The maximum absolute atomic E-state index is 13.1. The van der Waals surface area contributed by atoms with Gasteiger partial charge in [0.2, 0.25) is 0 Å². The van der Waals surface area contributed by atoms with E-state index in [1.54, 1.807) is 0 Å². The number of rotatable bonds is 4. The van der Waals surface area contributed by atoms with Gasteiger partial charge in [-0.3, -0.25) is 9.59 Å². The van der Waals surface area contributed by atoms with Gasteiger partial charge in [0.25, 0.3) is 11.8 Å². The van der Waals surface area contributed by atoms with Gasteiger partial charge < -0.3 is 19.5 Å². The largest absolute Gasteiger partial charge is 0.368 e. The first kappa shape index (κ1) is 18.7. The van der Waals surface area contributed by atoms with Crippen LogP contribution in [0.15, 0.2) is 36.5 Å². The Bertz CT molecular complexity index is 881. The Labute approximate surface area is 165 Å². The summed E-state index contributed by atoms with van der Waals surface area (Å²) in [6, 6.07) is 10.0. The van der Waals surface area contributed by atoms with Crippen molar-refractivity contribution in [2.24, 2.45) is 0 Å². The van der Waals surface area contributed by atoms with Crippen LogP contribution in [-0.2, 0) is 22.5 Å². The highest BCUT2D eigenvalue weighted by molar-refractivity contribution is 5.95. The van der Waals surface area contributed by atoms with E-state index >= 15 is 0 Å². The van der Waals surface area contributed by atoms with E-state index in [0.29, 0.717) is 19.7 Å². The molecule has 3 heterocycles. The van der Waals surface area contributed by atoms with Crippen LogP contribution in [-0.4, -0.2) is 40.5 Å². The summed E-state index contributed by atoms with van der Waals surface area (Å²) >= 11 is 0. The molecule has 2 aliphatic heterocycles. The summed E-state index contributed by atoms with van der Waals surface area (Å²) in [6.45, 7) is 6.06. The van der Waals surface area contributed by atoms with E-state index in [1.165, 1.54) is 5.56 Å². The fourth-order valence-electron chi connectivity index (χ4n) is 4.00. The van der Waals surface area contributed by atoms with Crippen molar-refractivity contribution in [2.45, 2.75) is 51.8 Å². The minimum Gasteiger partial charge on any atom is -0.368 e. The third kappa shape index (κ3) is 3.69. The van der Waals surface area contributed by atoms with Gasteiger partial charge in [-0.15, -0.1) is 0 Å². The highest BCUT2D eigenvalue weighted by Crippen LogP contribution is 2.25. The van der Waals surface area contributed by atoms with E-state index in [4.69, 9.17) is 4.74 Å². The number of ether oxygens (including phenoxy) is 1. The van der Waals surface area contributed by atoms with E-state index in [2.05, 4.69) is 25.2 Å². The molecule has 1 atom stereocenters. The molecule has 1 aromatic heterocycles. The number of anilines is 1. The Morgan fingerprint density at radius 1 is 1.21 bits per heavy atom. The molecule has 0 aliphatic carbocycles. The minimum atomic E-state index is -0.349. The molecular formula is C22H27N3O3. The van der Waals surface area contributed by atoms with Crippen molar-refractivity contribution in [3.63, 3.8) is 0 Å². The number of nitrogens with zero attached hydrogens (tertiary/aromatic N) is 2. The Kier molecular flexibility index (Phi) is 5.22. The fraction of sp³-hybridized carbons (Fsp3) is 0.455. The summed E-state index contributed by atoms with van der Waals surface area (Å²) in [5, 5.41) is 2.96. The third-order valence-corrected chi connectivity index (χ3v) is 5.55. The first-order valence-corrected chi connectivity index (χ1v) is 10.0. The van der Waals surface area contributed by atoms with Gasteiger partial charge in [-0.25, -0.2) is 0 Å². The van der Waals surface area contributed by atoms with Crippen LogP contribution in [0.2, 0.25) is 0 Å². The molecule has 6 nitrogen and oxygen atoms in total. The quantitative estimate of drug-likeness (QED) is 0.883. The van der Waals surface area contributed by atoms with Crippen molar-refractivity contribution in [1.82, 2.24) is 9.47 Å². The fourth-order valence-corrected chi connectivity index (χ4v) is 4.00. The van der Waals surface area contributed by atoms with Gasteiger partial charge in [0.15, 0.2) is 0 Å². The molecule has 1 fully saturated rings. The van der Waals surface area contributed by atoms with E-state index in [-0.39, 0.29) is 24.0 Å². The molecule has 0 spiro atoms. The zero-order chi connectivity index (χ0) is 19.7. The number of amides is 2. The van der Waals surface area contributed by atoms with Crippen LogP contribution < -0.4 is 5.32 Å². The second kappa shape index (κ2) is 7.80. The van der Waals surface area contributed by atoms with Gasteiger partial charge in [0, 0.05) is 37.6 Å². The molecule has 0 saturated carbocycles. The number of carbonyl (C=O) groups is 2. The van der Waals surface area contributed by atoms with Gasteiger partial charge in [-0.2, -0.15) is 0 Å². The smallest absolute Gasteiger partial charge is 0.270 e. The topological polar surface area (TPSA) is 63.6 Å². The minimum absolute atomic E-state index is 0.0538. The summed E-state index contributed by atoms with van der Waals surface area (Å²) in [7, 11) is 0. The van der Waals surface area contributed by atoms with Gasteiger partial charge in [0.05, 0.1) is 0 Å². The van der Waals surface area contributed by atoms with Crippen LogP contribution in [0, 0.1) is 0 Å². The average molecular weight is 381 g/mol. The molecule has 0 radical (unpaired) electrons. The molecule has 2 aromatic rings. The molecule has 28 heavy (non-hydrogen) atoms. The Morgan fingerprint density at radius 3 is 2.82 bits per heavy atom. The number of fused-ring (bicyclic) bond motifs is 1. The lowest BCUT2D eigenvalue weighted by atomic mass is 9.98. The monoisotopic (exact) mass is 381 g/mol. The van der Waals surface area contributed by atoms with Crippen LogP contribution in [0.4, 0.5) is 5.69 Å². The predicted octanol–water partition coefficient (Wildman–Crippen LogP) is 3.39. The third-order valence-electron chi connectivity index (χ3n) is 5.55. The number of nitrogens with one attached hydrogen (secondary N) is 1. The zero-order valence-corrected chi connectivity index (χ0v) is 16.5. The van der Waals surface area contributed by atoms with Crippen LogP contribution in [0.3, 0.4) is 0 Å². The van der Waals surface area contributed by atoms with Crippen molar-refractivity contribution in [1.29, 1.82) is 0 Å². The standard InChI is InChI=1S/C22H27N3O3/c1-15(2)25-10-3-5-19(25)22(27)24-11-9-16-7-8-18(13-17(16)14-24)23-21(26)20-6-4-12-28-20/h3,5,7-8,10,13,15,20H,4,6,9,11-12,14H2,1-2H3,(H,23,26)/t20-/m0/s1. The zero-order valence-electron chi connectivity index (χ0n) is 16.5.